The number of rotatable bonds is 2. The number of carbonyl (C=O) groups is 1. The molecule has 4 nitrogen and oxygen atoms in total. The van der Waals surface area contributed by atoms with Crippen LogP contribution in [0.25, 0.3) is 0 Å². The molecule has 1 aliphatic rings. The van der Waals surface area contributed by atoms with E-state index in [1.54, 1.807) is 12.4 Å². The predicted octanol–water partition coefficient (Wildman–Crippen LogP) is 2.02. The van der Waals surface area contributed by atoms with Crippen LogP contribution in [0, 0.1) is 5.92 Å². The van der Waals surface area contributed by atoms with Gasteiger partial charge in [-0.05, 0) is 30.4 Å². The highest BCUT2D eigenvalue weighted by Crippen LogP contribution is 2.15. The van der Waals surface area contributed by atoms with Crippen LogP contribution in [0.5, 0.6) is 0 Å². The fourth-order valence-corrected chi connectivity index (χ4v) is 2.17. The number of hydrogen-bond acceptors (Lipinski definition) is 2. The number of nitrogens with zero attached hydrogens (tertiary/aromatic N) is 2. The van der Waals surface area contributed by atoms with Crippen LogP contribution in [0.3, 0.4) is 0 Å². The molecule has 0 bridgehead atoms. The van der Waals surface area contributed by atoms with Gasteiger partial charge in [-0.2, -0.15) is 0 Å². The molecule has 0 saturated carbocycles. The summed E-state index contributed by atoms with van der Waals surface area (Å²) < 4.78 is 0. The zero-order valence-corrected chi connectivity index (χ0v) is 10.2. The first-order chi connectivity index (χ1) is 8.25. The number of amides is 2. The lowest BCUT2D eigenvalue weighted by molar-refractivity contribution is 0.169. The first-order valence-corrected chi connectivity index (χ1v) is 6.17. The van der Waals surface area contributed by atoms with E-state index in [1.807, 2.05) is 17.0 Å². The Morgan fingerprint density at radius 3 is 3.24 bits per heavy atom. The average Bonchev–Trinajstić information content (AvgIpc) is 2.37. The molecule has 92 valence electrons. The molecule has 4 heteroatoms. The second-order valence-corrected chi connectivity index (χ2v) is 4.71. The van der Waals surface area contributed by atoms with Crippen molar-refractivity contribution in [2.75, 3.05) is 13.1 Å². The van der Waals surface area contributed by atoms with Crippen molar-refractivity contribution < 1.29 is 4.79 Å². The second kappa shape index (κ2) is 5.66. The van der Waals surface area contributed by atoms with Gasteiger partial charge in [-0.15, -0.1) is 0 Å². The molecule has 1 atom stereocenters. The third-order valence-corrected chi connectivity index (χ3v) is 3.11. The zero-order chi connectivity index (χ0) is 12.1. The molecule has 2 amide bonds. The highest BCUT2D eigenvalue weighted by Gasteiger charge is 2.20. The van der Waals surface area contributed by atoms with Crippen molar-refractivity contribution in [2.45, 2.75) is 26.3 Å². The maximum Gasteiger partial charge on any atom is 0.317 e. The Bertz CT molecular complexity index is 366. The SMILES string of the molecule is CC1CCCN(C(=O)NCc2cccnc2)C1. The molecule has 0 spiro atoms. The number of nitrogens with one attached hydrogen (secondary N) is 1. The lowest BCUT2D eigenvalue weighted by Crippen LogP contribution is -2.44. The Balaban J connectivity index is 1.81. The molecule has 1 saturated heterocycles. The van der Waals surface area contributed by atoms with Crippen LogP contribution in [-0.4, -0.2) is 29.0 Å². The standard InChI is InChI=1S/C13H19N3O/c1-11-4-3-7-16(10-11)13(17)15-9-12-5-2-6-14-8-12/h2,5-6,8,11H,3-4,7,9-10H2,1H3,(H,15,17). The summed E-state index contributed by atoms with van der Waals surface area (Å²) in [6, 6.07) is 3.89. The lowest BCUT2D eigenvalue weighted by atomic mass is 10.0. The van der Waals surface area contributed by atoms with E-state index in [2.05, 4.69) is 17.2 Å². The van der Waals surface area contributed by atoms with E-state index in [4.69, 9.17) is 0 Å². The molecule has 0 aromatic carbocycles. The van der Waals surface area contributed by atoms with Crippen molar-refractivity contribution in [3.63, 3.8) is 0 Å². The van der Waals surface area contributed by atoms with E-state index in [9.17, 15) is 4.79 Å². The average molecular weight is 233 g/mol. The third-order valence-electron chi connectivity index (χ3n) is 3.11. The van der Waals surface area contributed by atoms with Gasteiger partial charge >= 0.3 is 6.03 Å². The number of pyridine rings is 1. The molecule has 1 unspecified atom stereocenters. The van der Waals surface area contributed by atoms with Crippen molar-refractivity contribution >= 4 is 6.03 Å². The van der Waals surface area contributed by atoms with Crippen molar-refractivity contribution in [3.05, 3.63) is 30.1 Å². The van der Waals surface area contributed by atoms with Gasteiger partial charge < -0.3 is 10.2 Å². The monoisotopic (exact) mass is 233 g/mol. The minimum absolute atomic E-state index is 0.0420. The fraction of sp³-hybridized carbons (Fsp3) is 0.538. The van der Waals surface area contributed by atoms with Gasteiger partial charge in [0.1, 0.15) is 0 Å². The summed E-state index contributed by atoms with van der Waals surface area (Å²) >= 11 is 0. The summed E-state index contributed by atoms with van der Waals surface area (Å²) in [7, 11) is 0. The van der Waals surface area contributed by atoms with Crippen LogP contribution in [-0.2, 0) is 6.54 Å². The van der Waals surface area contributed by atoms with E-state index in [1.165, 1.54) is 6.42 Å². The van der Waals surface area contributed by atoms with E-state index in [-0.39, 0.29) is 6.03 Å². The Hall–Kier alpha value is -1.58. The van der Waals surface area contributed by atoms with Gasteiger partial charge in [0.05, 0.1) is 0 Å². The number of piperidine rings is 1. The van der Waals surface area contributed by atoms with E-state index in [0.29, 0.717) is 12.5 Å². The summed E-state index contributed by atoms with van der Waals surface area (Å²) in [6.07, 6.45) is 5.85. The molecule has 1 fully saturated rings. The highest BCUT2D eigenvalue weighted by molar-refractivity contribution is 5.74. The van der Waals surface area contributed by atoms with Crippen LogP contribution in [0.15, 0.2) is 24.5 Å². The number of hydrogen-bond donors (Lipinski definition) is 1. The number of carbonyl (C=O) groups excluding carboxylic acids is 1. The summed E-state index contributed by atoms with van der Waals surface area (Å²) in [5.74, 6) is 0.618. The van der Waals surface area contributed by atoms with Crippen LogP contribution in [0.2, 0.25) is 0 Å². The summed E-state index contributed by atoms with van der Waals surface area (Å²) in [6.45, 7) is 4.50. The molecular weight excluding hydrogens is 214 g/mol. The van der Waals surface area contributed by atoms with Gasteiger partial charge in [-0.25, -0.2) is 4.79 Å². The van der Waals surface area contributed by atoms with Gasteiger partial charge in [-0.1, -0.05) is 13.0 Å². The van der Waals surface area contributed by atoms with Gasteiger partial charge in [0.15, 0.2) is 0 Å². The molecule has 0 aliphatic carbocycles. The van der Waals surface area contributed by atoms with E-state index in [0.717, 1.165) is 25.1 Å². The van der Waals surface area contributed by atoms with Crippen LogP contribution in [0.4, 0.5) is 4.79 Å². The van der Waals surface area contributed by atoms with Crippen LogP contribution < -0.4 is 5.32 Å². The third kappa shape index (κ3) is 3.44. The van der Waals surface area contributed by atoms with E-state index < -0.39 is 0 Å². The normalized spacial score (nSPS) is 20.1. The Kier molecular flexibility index (Phi) is 3.96. The molecule has 1 N–H and O–H groups in total. The maximum atomic E-state index is 11.9. The topological polar surface area (TPSA) is 45.2 Å². The molecule has 1 aliphatic heterocycles. The summed E-state index contributed by atoms with van der Waals surface area (Å²) in [4.78, 5) is 17.8. The molecule has 2 rings (SSSR count). The quantitative estimate of drug-likeness (QED) is 0.849. The Labute approximate surface area is 102 Å². The summed E-state index contributed by atoms with van der Waals surface area (Å²) in [5, 5.41) is 2.94. The minimum atomic E-state index is 0.0420. The second-order valence-electron chi connectivity index (χ2n) is 4.71. The van der Waals surface area contributed by atoms with Gasteiger partial charge in [0, 0.05) is 32.0 Å². The zero-order valence-electron chi connectivity index (χ0n) is 10.2. The smallest absolute Gasteiger partial charge is 0.317 e. The Morgan fingerprint density at radius 1 is 1.65 bits per heavy atom. The maximum absolute atomic E-state index is 11.9. The fourth-order valence-electron chi connectivity index (χ4n) is 2.17. The van der Waals surface area contributed by atoms with Gasteiger partial charge in [-0.3, -0.25) is 4.98 Å². The largest absolute Gasteiger partial charge is 0.334 e. The Morgan fingerprint density at radius 2 is 2.53 bits per heavy atom. The van der Waals surface area contributed by atoms with Gasteiger partial charge in [0.2, 0.25) is 0 Å². The van der Waals surface area contributed by atoms with Crippen LogP contribution >= 0.6 is 0 Å². The van der Waals surface area contributed by atoms with Crippen molar-refractivity contribution in [2.24, 2.45) is 5.92 Å². The highest BCUT2D eigenvalue weighted by atomic mass is 16.2. The first-order valence-electron chi connectivity index (χ1n) is 6.17. The predicted molar refractivity (Wildman–Crippen MR) is 66.4 cm³/mol. The first kappa shape index (κ1) is 11.9. The van der Waals surface area contributed by atoms with Crippen molar-refractivity contribution in [1.29, 1.82) is 0 Å². The van der Waals surface area contributed by atoms with Crippen molar-refractivity contribution in [1.82, 2.24) is 15.2 Å². The van der Waals surface area contributed by atoms with E-state index >= 15 is 0 Å². The lowest BCUT2D eigenvalue weighted by Gasteiger charge is -2.30. The van der Waals surface area contributed by atoms with Gasteiger partial charge in [0.25, 0.3) is 0 Å². The molecule has 2 heterocycles. The minimum Gasteiger partial charge on any atom is -0.334 e. The molecule has 0 radical (unpaired) electrons. The molecule has 17 heavy (non-hydrogen) atoms. The van der Waals surface area contributed by atoms with Crippen LogP contribution in [0.1, 0.15) is 25.3 Å². The number of urea groups is 1. The molecular formula is C13H19N3O. The number of likely N-dealkylation sites (tertiary alicyclic amines) is 1. The number of aromatic nitrogens is 1. The summed E-state index contributed by atoms with van der Waals surface area (Å²) in [5.41, 5.74) is 1.03. The molecule has 1 aromatic rings. The van der Waals surface area contributed by atoms with Crippen molar-refractivity contribution in [3.8, 4) is 0 Å². The molecule has 1 aromatic heterocycles.